The van der Waals surface area contributed by atoms with E-state index in [0.29, 0.717) is 18.5 Å². The van der Waals surface area contributed by atoms with Crippen molar-refractivity contribution in [1.82, 2.24) is 19.7 Å². The second-order valence-electron chi connectivity index (χ2n) is 6.54. The summed E-state index contributed by atoms with van der Waals surface area (Å²) in [7, 11) is 0. The van der Waals surface area contributed by atoms with Crippen molar-refractivity contribution in [2.45, 2.75) is 64.1 Å². The van der Waals surface area contributed by atoms with Crippen molar-refractivity contribution in [2.75, 3.05) is 0 Å². The van der Waals surface area contributed by atoms with E-state index >= 15 is 0 Å². The van der Waals surface area contributed by atoms with Gasteiger partial charge in [0.2, 0.25) is 5.91 Å². The third-order valence-electron chi connectivity index (χ3n) is 5.00. The number of amides is 1. The van der Waals surface area contributed by atoms with Gasteiger partial charge >= 0.3 is 0 Å². The number of aromatic nitrogens is 3. The quantitative estimate of drug-likeness (QED) is 0.865. The lowest BCUT2D eigenvalue weighted by atomic mass is 10.1. The molecule has 2 bridgehead atoms. The average molecular weight is 330 g/mol. The first-order valence-electron chi connectivity index (χ1n) is 8.50. The van der Waals surface area contributed by atoms with Gasteiger partial charge in [0.05, 0.1) is 12.5 Å². The first-order valence-corrected chi connectivity index (χ1v) is 9.38. The van der Waals surface area contributed by atoms with Crippen molar-refractivity contribution in [1.29, 1.82) is 0 Å². The van der Waals surface area contributed by atoms with Gasteiger partial charge in [0, 0.05) is 30.3 Å². The number of hydrogen-bond donors (Lipinski definition) is 0. The van der Waals surface area contributed by atoms with Crippen LogP contribution in [-0.4, -0.2) is 37.7 Å². The number of aryl methyl sites for hydroxylation is 1. The zero-order valence-corrected chi connectivity index (χ0v) is 14.3. The number of hydrogen-bond acceptors (Lipinski definition) is 4. The van der Waals surface area contributed by atoms with Crippen LogP contribution in [0.1, 0.15) is 42.7 Å². The van der Waals surface area contributed by atoms with Crippen molar-refractivity contribution in [2.24, 2.45) is 0 Å². The Bertz CT molecular complexity index is 694. The fourth-order valence-electron chi connectivity index (χ4n) is 3.97. The number of fused-ring (bicyclic) bond motifs is 3. The minimum absolute atomic E-state index is 0.274. The molecule has 1 saturated heterocycles. The molecular weight excluding hydrogens is 308 g/mol. The highest BCUT2D eigenvalue weighted by molar-refractivity contribution is 7.10. The van der Waals surface area contributed by atoms with Crippen molar-refractivity contribution < 1.29 is 4.79 Å². The van der Waals surface area contributed by atoms with Crippen LogP contribution in [-0.2, 0) is 30.6 Å². The zero-order chi connectivity index (χ0) is 15.8. The number of carbonyl (C=O) groups excluding carboxylic acids is 1. The second-order valence-corrected chi connectivity index (χ2v) is 7.57. The summed E-state index contributed by atoms with van der Waals surface area (Å²) in [6.45, 7) is 3.03. The van der Waals surface area contributed by atoms with Crippen molar-refractivity contribution in [3.05, 3.63) is 34.0 Å². The van der Waals surface area contributed by atoms with Gasteiger partial charge in [-0.15, -0.1) is 21.5 Å². The Morgan fingerprint density at radius 1 is 1.35 bits per heavy atom. The summed E-state index contributed by atoms with van der Waals surface area (Å²) in [4.78, 5) is 16.2. The summed E-state index contributed by atoms with van der Waals surface area (Å²) >= 11 is 1.67. The van der Waals surface area contributed by atoms with Gasteiger partial charge in [0.1, 0.15) is 11.6 Å². The highest BCUT2D eigenvalue weighted by Crippen LogP contribution is 2.32. The summed E-state index contributed by atoms with van der Waals surface area (Å²) in [5.41, 5.74) is 0. The Hall–Kier alpha value is -1.69. The molecule has 0 N–H and O–H groups in total. The average Bonchev–Trinajstić information content (AvgIpc) is 3.21. The van der Waals surface area contributed by atoms with Crippen LogP contribution in [0.3, 0.4) is 0 Å². The van der Waals surface area contributed by atoms with E-state index in [2.05, 4.69) is 32.7 Å². The van der Waals surface area contributed by atoms with E-state index in [1.165, 1.54) is 0 Å². The highest BCUT2D eigenvalue weighted by atomic mass is 32.1. The van der Waals surface area contributed by atoms with E-state index in [-0.39, 0.29) is 5.91 Å². The SMILES string of the molecule is CCCc1nnc2n1CC1CCC(C2)N1C(=O)Cc1cccs1. The fourth-order valence-corrected chi connectivity index (χ4v) is 4.66. The highest BCUT2D eigenvalue weighted by Gasteiger charge is 2.40. The van der Waals surface area contributed by atoms with Crippen molar-refractivity contribution >= 4 is 17.2 Å². The lowest BCUT2D eigenvalue weighted by Crippen LogP contribution is -2.42. The van der Waals surface area contributed by atoms with Crippen molar-refractivity contribution in [3.63, 3.8) is 0 Å². The molecule has 6 heteroatoms. The number of thiophene rings is 1. The molecule has 2 atom stereocenters. The smallest absolute Gasteiger partial charge is 0.228 e. The third-order valence-corrected chi connectivity index (χ3v) is 5.88. The Morgan fingerprint density at radius 2 is 2.22 bits per heavy atom. The molecule has 0 spiro atoms. The van der Waals surface area contributed by atoms with Crippen LogP contribution in [0.5, 0.6) is 0 Å². The summed E-state index contributed by atoms with van der Waals surface area (Å²) in [6.07, 6.45) is 5.62. The molecule has 23 heavy (non-hydrogen) atoms. The van der Waals surface area contributed by atoms with Crippen LogP contribution in [0, 0.1) is 0 Å². The Kier molecular flexibility index (Phi) is 3.93. The van der Waals surface area contributed by atoms with Gasteiger partial charge in [-0.05, 0) is 30.7 Å². The van der Waals surface area contributed by atoms with E-state index < -0.39 is 0 Å². The minimum Gasteiger partial charge on any atom is -0.334 e. The molecule has 122 valence electrons. The summed E-state index contributed by atoms with van der Waals surface area (Å²) in [6, 6.07) is 4.67. The molecule has 2 aliphatic heterocycles. The first kappa shape index (κ1) is 14.9. The molecule has 0 aliphatic carbocycles. The van der Waals surface area contributed by atoms with E-state index in [0.717, 1.165) is 55.2 Å². The van der Waals surface area contributed by atoms with E-state index in [4.69, 9.17) is 0 Å². The topological polar surface area (TPSA) is 51.0 Å². The van der Waals surface area contributed by atoms with Gasteiger partial charge < -0.3 is 9.47 Å². The summed E-state index contributed by atoms with van der Waals surface area (Å²) < 4.78 is 2.28. The number of rotatable bonds is 4. The molecule has 2 unspecified atom stereocenters. The van der Waals surface area contributed by atoms with Gasteiger partial charge in [0.15, 0.2) is 0 Å². The maximum absolute atomic E-state index is 12.8. The van der Waals surface area contributed by atoms with Gasteiger partial charge in [-0.3, -0.25) is 4.79 Å². The minimum atomic E-state index is 0.274. The Morgan fingerprint density at radius 3 is 3.00 bits per heavy atom. The van der Waals surface area contributed by atoms with Gasteiger partial charge in [-0.2, -0.15) is 0 Å². The monoisotopic (exact) mass is 330 g/mol. The number of carbonyl (C=O) groups is 1. The molecule has 1 amide bonds. The number of nitrogens with zero attached hydrogens (tertiary/aromatic N) is 4. The molecule has 1 fully saturated rings. The molecule has 2 aromatic rings. The Labute approximate surface area is 140 Å². The molecule has 4 heterocycles. The van der Waals surface area contributed by atoms with E-state index in [9.17, 15) is 4.79 Å². The van der Waals surface area contributed by atoms with Crippen LogP contribution in [0.25, 0.3) is 0 Å². The second kappa shape index (κ2) is 6.07. The molecule has 0 radical (unpaired) electrons. The normalized spacial score (nSPS) is 22.9. The van der Waals surface area contributed by atoms with Crippen molar-refractivity contribution in [3.8, 4) is 0 Å². The molecule has 5 nitrogen and oxygen atoms in total. The summed E-state index contributed by atoms with van der Waals surface area (Å²) in [5, 5.41) is 10.8. The third kappa shape index (κ3) is 2.69. The lowest BCUT2D eigenvalue weighted by molar-refractivity contribution is -0.133. The maximum atomic E-state index is 12.8. The Balaban J connectivity index is 1.56. The predicted octanol–water partition coefficient (Wildman–Crippen LogP) is 2.45. The molecule has 0 saturated carbocycles. The van der Waals surface area contributed by atoms with E-state index in [1.807, 2.05) is 11.4 Å². The van der Waals surface area contributed by atoms with Crippen LogP contribution >= 0.6 is 11.3 Å². The zero-order valence-electron chi connectivity index (χ0n) is 13.4. The standard InChI is InChI=1S/C17H22N4OS/c1-2-4-15-18-19-16-9-12-6-7-13(11-20(15)16)21(12)17(22)10-14-5-3-8-23-14/h3,5,8,12-13H,2,4,6-7,9-11H2,1H3. The molecule has 2 aliphatic rings. The molecule has 0 aromatic carbocycles. The van der Waals surface area contributed by atoms with Crippen LogP contribution in [0.2, 0.25) is 0 Å². The molecule has 2 aromatic heterocycles. The van der Waals surface area contributed by atoms with Gasteiger partial charge in [0.25, 0.3) is 0 Å². The fraction of sp³-hybridized carbons (Fsp3) is 0.588. The predicted molar refractivity (Wildman–Crippen MR) is 89.4 cm³/mol. The van der Waals surface area contributed by atoms with Gasteiger partial charge in [-0.1, -0.05) is 13.0 Å². The van der Waals surface area contributed by atoms with Crippen LogP contribution < -0.4 is 0 Å². The maximum Gasteiger partial charge on any atom is 0.228 e. The van der Waals surface area contributed by atoms with Gasteiger partial charge in [-0.25, -0.2) is 0 Å². The first-order chi connectivity index (χ1) is 11.3. The molecular formula is C17H22N4OS. The van der Waals surface area contributed by atoms with E-state index in [1.54, 1.807) is 11.3 Å². The van der Waals surface area contributed by atoms with Crippen LogP contribution in [0.15, 0.2) is 17.5 Å². The molecule has 4 rings (SSSR count). The van der Waals surface area contributed by atoms with Crippen LogP contribution in [0.4, 0.5) is 0 Å². The largest absolute Gasteiger partial charge is 0.334 e. The summed E-state index contributed by atoms with van der Waals surface area (Å²) in [5.74, 6) is 2.42. The lowest BCUT2D eigenvalue weighted by Gasteiger charge is -2.28.